The van der Waals surface area contributed by atoms with Gasteiger partial charge < -0.3 is 0 Å². The molecule has 4 heteroatoms. The van der Waals surface area contributed by atoms with Crippen molar-refractivity contribution in [1.82, 2.24) is 9.78 Å². The average molecular weight is 327 g/mol. The first-order chi connectivity index (χ1) is 9.79. The normalized spacial score (nSPS) is 10.4. The van der Waals surface area contributed by atoms with Crippen LogP contribution in [0.4, 0.5) is 0 Å². The molecule has 1 heterocycles. The van der Waals surface area contributed by atoms with Crippen LogP contribution in [0.5, 0.6) is 0 Å². The zero-order valence-electron chi connectivity index (χ0n) is 10.5. The van der Waals surface area contributed by atoms with E-state index in [1.54, 1.807) is 10.9 Å². The minimum atomic E-state index is 0.580. The molecule has 20 heavy (non-hydrogen) atoms. The number of nitrogens with zero attached hydrogens (tertiary/aromatic N) is 2. The molecule has 2 aromatic carbocycles. The summed E-state index contributed by atoms with van der Waals surface area (Å²) < 4.78 is 2.75. The second-order valence-corrected chi connectivity index (χ2v) is 5.24. The second kappa shape index (κ2) is 5.43. The third-order valence-corrected chi connectivity index (χ3v) is 3.52. The Morgan fingerprint density at radius 3 is 2.55 bits per heavy atom. The van der Waals surface area contributed by atoms with Crippen molar-refractivity contribution < 1.29 is 4.79 Å². The summed E-state index contributed by atoms with van der Waals surface area (Å²) in [6.07, 6.45) is 2.43. The lowest BCUT2D eigenvalue weighted by molar-refractivity contribution is 0.112. The van der Waals surface area contributed by atoms with Gasteiger partial charge in [0.15, 0.2) is 6.29 Å². The van der Waals surface area contributed by atoms with Gasteiger partial charge in [-0.15, -0.1) is 0 Å². The van der Waals surface area contributed by atoms with Crippen LogP contribution < -0.4 is 0 Å². The summed E-state index contributed by atoms with van der Waals surface area (Å²) in [4.78, 5) is 11.2. The van der Waals surface area contributed by atoms with Crippen LogP contribution in [0, 0.1) is 0 Å². The molecular weight excluding hydrogens is 316 g/mol. The van der Waals surface area contributed by atoms with E-state index in [0.29, 0.717) is 5.56 Å². The molecule has 0 bridgehead atoms. The predicted molar refractivity (Wildman–Crippen MR) is 82.1 cm³/mol. The second-order valence-electron chi connectivity index (χ2n) is 4.32. The molecule has 0 unspecified atom stereocenters. The first-order valence-electron chi connectivity index (χ1n) is 6.14. The molecule has 0 fully saturated rings. The highest BCUT2D eigenvalue weighted by molar-refractivity contribution is 9.10. The van der Waals surface area contributed by atoms with Gasteiger partial charge in [-0.1, -0.05) is 52.3 Å². The molecule has 0 saturated heterocycles. The summed E-state index contributed by atoms with van der Waals surface area (Å²) in [7, 11) is 0. The zero-order valence-corrected chi connectivity index (χ0v) is 12.1. The number of carbonyl (C=O) groups excluding carboxylic acids is 1. The van der Waals surface area contributed by atoms with E-state index in [1.165, 1.54) is 0 Å². The monoisotopic (exact) mass is 326 g/mol. The number of aromatic nitrogens is 2. The van der Waals surface area contributed by atoms with Crippen molar-refractivity contribution >= 4 is 22.2 Å². The molecule has 0 saturated carbocycles. The molecule has 0 aliphatic heterocycles. The van der Waals surface area contributed by atoms with Gasteiger partial charge in [-0.25, -0.2) is 4.68 Å². The lowest BCUT2D eigenvalue weighted by Crippen LogP contribution is -1.99. The van der Waals surface area contributed by atoms with Crippen LogP contribution in [0.15, 0.2) is 65.3 Å². The molecule has 1 aromatic heterocycles. The van der Waals surface area contributed by atoms with Gasteiger partial charge in [0.05, 0.1) is 23.1 Å². The number of aldehydes is 1. The van der Waals surface area contributed by atoms with Gasteiger partial charge in [-0.05, 0) is 18.2 Å². The Hall–Kier alpha value is -2.20. The Morgan fingerprint density at radius 2 is 1.85 bits per heavy atom. The van der Waals surface area contributed by atoms with Crippen LogP contribution in [-0.4, -0.2) is 16.1 Å². The average Bonchev–Trinajstić information content (AvgIpc) is 2.92. The van der Waals surface area contributed by atoms with Crippen molar-refractivity contribution in [1.29, 1.82) is 0 Å². The Morgan fingerprint density at radius 1 is 1.05 bits per heavy atom. The fourth-order valence-electron chi connectivity index (χ4n) is 2.14. The van der Waals surface area contributed by atoms with E-state index in [9.17, 15) is 4.79 Å². The molecule has 0 atom stereocenters. The van der Waals surface area contributed by atoms with Crippen molar-refractivity contribution in [3.05, 3.63) is 70.8 Å². The van der Waals surface area contributed by atoms with Crippen molar-refractivity contribution in [3.63, 3.8) is 0 Å². The molecule has 98 valence electrons. The SMILES string of the molecule is O=Cc1cnn(-c2cccc(Br)c2)c1-c1ccccc1. The van der Waals surface area contributed by atoms with E-state index in [2.05, 4.69) is 21.0 Å². The number of hydrogen-bond donors (Lipinski definition) is 0. The van der Waals surface area contributed by atoms with Crippen molar-refractivity contribution in [3.8, 4) is 16.9 Å². The van der Waals surface area contributed by atoms with E-state index >= 15 is 0 Å². The fourth-order valence-corrected chi connectivity index (χ4v) is 2.52. The number of benzene rings is 2. The maximum atomic E-state index is 11.2. The number of hydrogen-bond acceptors (Lipinski definition) is 2. The van der Waals surface area contributed by atoms with Crippen molar-refractivity contribution in [2.45, 2.75) is 0 Å². The quantitative estimate of drug-likeness (QED) is 0.679. The summed E-state index contributed by atoms with van der Waals surface area (Å²) in [6, 6.07) is 17.6. The van der Waals surface area contributed by atoms with Gasteiger partial charge in [0, 0.05) is 10.0 Å². The lowest BCUT2D eigenvalue weighted by atomic mass is 10.1. The molecule has 3 aromatic rings. The first-order valence-corrected chi connectivity index (χ1v) is 6.93. The van der Waals surface area contributed by atoms with E-state index in [4.69, 9.17) is 0 Å². The van der Waals surface area contributed by atoms with E-state index in [0.717, 1.165) is 27.7 Å². The Bertz CT molecular complexity index is 750. The van der Waals surface area contributed by atoms with Gasteiger partial charge in [-0.3, -0.25) is 4.79 Å². The molecule has 0 amide bonds. The standard InChI is InChI=1S/C16H11BrN2O/c17-14-7-4-8-15(9-14)19-16(13(11-20)10-18-19)12-5-2-1-3-6-12/h1-11H. The van der Waals surface area contributed by atoms with Crippen LogP contribution in [-0.2, 0) is 0 Å². The van der Waals surface area contributed by atoms with Crippen LogP contribution in [0.25, 0.3) is 16.9 Å². The summed E-state index contributed by atoms with van der Waals surface area (Å²) in [5.41, 5.74) is 3.26. The number of rotatable bonds is 3. The van der Waals surface area contributed by atoms with Crippen molar-refractivity contribution in [2.24, 2.45) is 0 Å². The largest absolute Gasteiger partial charge is 0.298 e. The van der Waals surface area contributed by atoms with Gasteiger partial charge >= 0.3 is 0 Å². The Labute approximate surface area is 125 Å². The van der Waals surface area contributed by atoms with E-state index < -0.39 is 0 Å². The van der Waals surface area contributed by atoms with Crippen LogP contribution in [0.3, 0.4) is 0 Å². The Kier molecular flexibility index (Phi) is 3.48. The van der Waals surface area contributed by atoms with Gasteiger partial charge in [-0.2, -0.15) is 5.10 Å². The highest BCUT2D eigenvalue weighted by atomic mass is 79.9. The van der Waals surface area contributed by atoms with Crippen LogP contribution in [0.2, 0.25) is 0 Å². The van der Waals surface area contributed by atoms with Crippen molar-refractivity contribution in [2.75, 3.05) is 0 Å². The smallest absolute Gasteiger partial charge is 0.153 e. The highest BCUT2D eigenvalue weighted by Crippen LogP contribution is 2.26. The molecular formula is C16H11BrN2O. The zero-order chi connectivity index (χ0) is 13.9. The van der Waals surface area contributed by atoms with Gasteiger partial charge in [0.25, 0.3) is 0 Å². The molecule has 0 radical (unpaired) electrons. The molecule has 0 spiro atoms. The van der Waals surface area contributed by atoms with Gasteiger partial charge in [0.1, 0.15) is 0 Å². The summed E-state index contributed by atoms with van der Waals surface area (Å²) in [5, 5.41) is 4.34. The van der Waals surface area contributed by atoms with Gasteiger partial charge in [0.2, 0.25) is 0 Å². The minimum absolute atomic E-state index is 0.580. The molecule has 0 N–H and O–H groups in total. The highest BCUT2D eigenvalue weighted by Gasteiger charge is 2.13. The van der Waals surface area contributed by atoms with E-state index in [1.807, 2.05) is 54.6 Å². The summed E-state index contributed by atoms with van der Waals surface area (Å²) >= 11 is 3.45. The Balaban J connectivity index is 2.23. The van der Waals surface area contributed by atoms with Crippen LogP contribution in [0.1, 0.15) is 10.4 Å². The van der Waals surface area contributed by atoms with E-state index in [-0.39, 0.29) is 0 Å². The predicted octanol–water partition coefficient (Wildman–Crippen LogP) is 4.11. The maximum Gasteiger partial charge on any atom is 0.153 e. The molecule has 3 rings (SSSR count). The summed E-state index contributed by atoms with van der Waals surface area (Å²) in [6.45, 7) is 0. The molecule has 0 aliphatic carbocycles. The maximum absolute atomic E-state index is 11.2. The third-order valence-electron chi connectivity index (χ3n) is 3.02. The molecule has 3 nitrogen and oxygen atoms in total. The fraction of sp³-hybridized carbons (Fsp3) is 0. The summed E-state index contributed by atoms with van der Waals surface area (Å²) in [5.74, 6) is 0. The van der Waals surface area contributed by atoms with Crippen LogP contribution >= 0.6 is 15.9 Å². The minimum Gasteiger partial charge on any atom is -0.298 e. The topological polar surface area (TPSA) is 34.9 Å². The number of carbonyl (C=O) groups is 1. The lowest BCUT2D eigenvalue weighted by Gasteiger charge is -2.09. The number of halogens is 1. The third kappa shape index (κ3) is 2.30. The first kappa shape index (κ1) is 12.8. The molecule has 0 aliphatic rings.